The zero-order valence-corrected chi connectivity index (χ0v) is 19.9. The van der Waals surface area contributed by atoms with E-state index < -0.39 is 28.4 Å². The molecule has 3 aromatic rings. The Morgan fingerprint density at radius 3 is 2.33 bits per heavy atom. The lowest BCUT2D eigenvalue weighted by Gasteiger charge is -2.26. The molecule has 0 spiro atoms. The first-order valence-corrected chi connectivity index (χ1v) is 11.2. The summed E-state index contributed by atoms with van der Waals surface area (Å²) >= 11 is 0. The molecule has 1 aliphatic rings. The van der Waals surface area contributed by atoms with Crippen molar-refractivity contribution in [3.05, 3.63) is 99.6 Å². The zero-order valence-electron chi connectivity index (χ0n) is 19.9. The smallest absolute Gasteiger partial charge is 0.300 e. The largest absolute Gasteiger partial charge is 0.507 e. The van der Waals surface area contributed by atoms with Gasteiger partial charge in [-0.25, -0.2) is 0 Å². The van der Waals surface area contributed by atoms with Crippen molar-refractivity contribution in [2.75, 3.05) is 12.0 Å². The first-order valence-electron chi connectivity index (χ1n) is 11.2. The molecule has 1 unspecified atom stereocenters. The number of ketones is 1. The van der Waals surface area contributed by atoms with Crippen LogP contribution in [0.3, 0.4) is 0 Å². The van der Waals surface area contributed by atoms with Gasteiger partial charge >= 0.3 is 0 Å². The monoisotopic (exact) mass is 488 g/mol. The van der Waals surface area contributed by atoms with Crippen LogP contribution in [0.1, 0.15) is 31.0 Å². The second-order valence-electron chi connectivity index (χ2n) is 8.41. The average molecular weight is 488 g/mol. The van der Waals surface area contributed by atoms with Crippen molar-refractivity contribution >= 4 is 28.8 Å². The van der Waals surface area contributed by atoms with Crippen LogP contribution >= 0.6 is 0 Å². The minimum absolute atomic E-state index is 0.0523. The predicted octanol–water partition coefficient (Wildman–Crippen LogP) is 5.02. The van der Waals surface area contributed by atoms with Crippen LogP contribution in [-0.4, -0.2) is 34.9 Å². The van der Waals surface area contributed by atoms with Gasteiger partial charge in [0.15, 0.2) is 0 Å². The highest BCUT2D eigenvalue weighted by Gasteiger charge is 2.47. The van der Waals surface area contributed by atoms with Crippen LogP contribution in [0.5, 0.6) is 11.5 Å². The lowest BCUT2D eigenvalue weighted by atomic mass is 9.94. The Hall–Kier alpha value is -4.66. The first-order chi connectivity index (χ1) is 17.2. The van der Waals surface area contributed by atoms with E-state index in [1.807, 2.05) is 13.8 Å². The number of nitro benzene ring substituents is 1. The van der Waals surface area contributed by atoms with Crippen LogP contribution in [0.25, 0.3) is 5.76 Å². The summed E-state index contributed by atoms with van der Waals surface area (Å²) in [5, 5.41) is 22.5. The molecular formula is C27H24N2O7. The second kappa shape index (κ2) is 9.91. The number of Topliss-reactive ketones (excluding diaryl/α,β-unsaturated/α-hetero) is 1. The Morgan fingerprint density at radius 2 is 1.69 bits per heavy atom. The molecule has 36 heavy (non-hydrogen) atoms. The summed E-state index contributed by atoms with van der Waals surface area (Å²) in [6.45, 7) is 3.75. The van der Waals surface area contributed by atoms with Crippen molar-refractivity contribution in [3.63, 3.8) is 0 Å². The van der Waals surface area contributed by atoms with E-state index in [9.17, 15) is 24.8 Å². The van der Waals surface area contributed by atoms with Crippen LogP contribution in [0.4, 0.5) is 11.4 Å². The van der Waals surface area contributed by atoms with E-state index in [1.165, 1.54) is 30.2 Å². The van der Waals surface area contributed by atoms with Crippen molar-refractivity contribution in [1.82, 2.24) is 0 Å². The van der Waals surface area contributed by atoms with Crippen LogP contribution < -0.4 is 14.4 Å². The van der Waals surface area contributed by atoms with Gasteiger partial charge in [-0.05, 0) is 55.8 Å². The Labute approximate surface area is 207 Å². The van der Waals surface area contributed by atoms with Gasteiger partial charge in [0, 0.05) is 23.4 Å². The Balaban J connectivity index is 1.93. The van der Waals surface area contributed by atoms with Crippen molar-refractivity contribution in [2.45, 2.75) is 26.0 Å². The van der Waals surface area contributed by atoms with E-state index in [-0.39, 0.29) is 22.9 Å². The summed E-state index contributed by atoms with van der Waals surface area (Å²) < 4.78 is 11.0. The summed E-state index contributed by atoms with van der Waals surface area (Å²) in [5.41, 5.74) is 0.549. The van der Waals surface area contributed by atoms with Crippen LogP contribution in [-0.2, 0) is 9.59 Å². The van der Waals surface area contributed by atoms with E-state index in [1.54, 1.807) is 48.5 Å². The highest BCUT2D eigenvalue weighted by atomic mass is 16.6. The van der Waals surface area contributed by atoms with Crippen LogP contribution in [0.2, 0.25) is 0 Å². The SMILES string of the molecule is COc1ccc(N2C(=O)C(=O)/C(=C(\O)c3cccc([N+](=O)[O-])c3)C2c2cccc(OC(C)C)c2)cc1. The number of non-ortho nitro benzene ring substituents is 1. The van der Waals surface area contributed by atoms with Gasteiger partial charge in [-0.1, -0.05) is 24.3 Å². The summed E-state index contributed by atoms with van der Waals surface area (Å²) in [5.74, 6) is -1.16. The van der Waals surface area contributed by atoms with Gasteiger partial charge in [-0.3, -0.25) is 24.6 Å². The van der Waals surface area contributed by atoms with E-state index >= 15 is 0 Å². The van der Waals surface area contributed by atoms with Gasteiger partial charge in [0.2, 0.25) is 0 Å². The minimum Gasteiger partial charge on any atom is -0.507 e. The first kappa shape index (κ1) is 24.5. The molecular weight excluding hydrogens is 464 g/mol. The summed E-state index contributed by atoms with van der Waals surface area (Å²) in [6, 6.07) is 17.8. The van der Waals surface area contributed by atoms with Gasteiger partial charge in [0.05, 0.1) is 29.8 Å². The summed E-state index contributed by atoms with van der Waals surface area (Å²) in [6.07, 6.45) is -0.113. The molecule has 0 bridgehead atoms. The van der Waals surface area contributed by atoms with Crippen LogP contribution in [0.15, 0.2) is 78.4 Å². The Kier molecular flexibility index (Phi) is 6.73. The van der Waals surface area contributed by atoms with E-state index in [0.717, 1.165) is 6.07 Å². The maximum Gasteiger partial charge on any atom is 0.300 e. The van der Waals surface area contributed by atoms with Crippen molar-refractivity contribution in [2.24, 2.45) is 0 Å². The van der Waals surface area contributed by atoms with Crippen molar-refractivity contribution in [3.8, 4) is 11.5 Å². The standard InChI is InChI=1S/C27H24N2O7/c1-16(2)36-22-9-5-6-17(15-22)24-23(25(30)18-7-4-8-20(14-18)29(33)34)26(31)27(32)28(24)19-10-12-21(35-3)13-11-19/h4-16,24,30H,1-3H3/b25-23-. The number of hydrogen-bond acceptors (Lipinski definition) is 7. The molecule has 4 rings (SSSR count). The van der Waals surface area contributed by atoms with E-state index in [2.05, 4.69) is 0 Å². The second-order valence-corrected chi connectivity index (χ2v) is 8.41. The van der Waals surface area contributed by atoms with E-state index in [0.29, 0.717) is 22.7 Å². The molecule has 1 N–H and O–H groups in total. The molecule has 9 heteroatoms. The quantitative estimate of drug-likeness (QED) is 0.163. The Morgan fingerprint density at radius 1 is 1.00 bits per heavy atom. The molecule has 0 aliphatic carbocycles. The fraction of sp³-hybridized carbons (Fsp3) is 0.185. The zero-order chi connectivity index (χ0) is 26.0. The number of hydrogen-bond donors (Lipinski definition) is 1. The highest BCUT2D eigenvalue weighted by molar-refractivity contribution is 6.51. The van der Waals surface area contributed by atoms with Gasteiger partial charge in [0.1, 0.15) is 17.3 Å². The van der Waals surface area contributed by atoms with Crippen LogP contribution in [0, 0.1) is 10.1 Å². The molecule has 1 fully saturated rings. The number of rotatable bonds is 7. The van der Waals surface area contributed by atoms with Crippen molar-refractivity contribution < 1.29 is 29.1 Å². The summed E-state index contributed by atoms with van der Waals surface area (Å²) in [7, 11) is 1.51. The van der Waals surface area contributed by atoms with Gasteiger partial charge in [-0.2, -0.15) is 0 Å². The number of anilines is 1. The number of aliphatic hydroxyl groups excluding tert-OH is 1. The average Bonchev–Trinajstić information content (AvgIpc) is 3.13. The molecule has 1 aliphatic heterocycles. The number of carbonyl (C=O) groups excluding carboxylic acids is 2. The maximum absolute atomic E-state index is 13.3. The fourth-order valence-corrected chi connectivity index (χ4v) is 4.11. The lowest BCUT2D eigenvalue weighted by molar-refractivity contribution is -0.384. The predicted molar refractivity (Wildman–Crippen MR) is 133 cm³/mol. The fourth-order valence-electron chi connectivity index (χ4n) is 4.11. The Bertz CT molecular complexity index is 1360. The lowest BCUT2D eigenvalue weighted by Crippen LogP contribution is -2.29. The molecule has 3 aromatic carbocycles. The number of ether oxygens (including phenoxy) is 2. The number of carbonyl (C=O) groups is 2. The normalized spacial score (nSPS) is 16.9. The van der Waals surface area contributed by atoms with Gasteiger partial charge in [0.25, 0.3) is 17.4 Å². The van der Waals surface area contributed by atoms with E-state index in [4.69, 9.17) is 9.47 Å². The number of amides is 1. The number of aliphatic hydroxyl groups is 1. The third kappa shape index (κ3) is 4.63. The number of nitro groups is 1. The molecule has 0 saturated carbocycles. The molecule has 1 saturated heterocycles. The molecule has 1 amide bonds. The molecule has 0 aromatic heterocycles. The number of methoxy groups -OCH3 is 1. The molecule has 1 atom stereocenters. The third-order valence-electron chi connectivity index (χ3n) is 5.67. The maximum atomic E-state index is 13.3. The van der Waals surface area contributed by atoms with Gasteiger partial charge in [-0.15, -0.1) is 0 Å². The topological polar surface area (TPSA) is 119 Å². The minimum atomic E-state index is -1.01. The number of benzene rings is 3. The van der Waals surface area contributed by atoms with Crippen molar-refractivity contribution in [1.29, 1.82) is 0 Å². The number of nitrogens with zero attached hydrogens (tertiary/aromatic N) is 2. The molecule has 0 radical (unpaired) electrons. The highest BCUT2D eigenvalue weighted by Crippen LogP contribution is 2.43. The molecule has 9 nitrogen and oxygen atoms in total. The molecule has 184 valence electrons. The third-order valence-corrected chi connectivity index (χ3v) is 5.67. The summed E-state index contributed by atoms with van der Waals surface area (Å²) in [4.78, 5) is 38.5. The van der Waals surface area contributed by atoms with Gasteiger partial charge < -0.3 is 14.6 Å². The molecule has 1 heterocycles.